The number of ether oxygens (including phenoxy) is 1. The van der Waals surface area contributed by atoms with Crippen LogP contribution < -0.4 is 15.5 Å². The highest BCUT2D eigenvalue weighted by atomic mass is 19.1. The average Bonchev–Trinajstić information content (AvgIpc) is 3.06. The predicted molar refractivity (Wildman–Crippen MR) is 122 cm³/mol. The van der Waals surface area contributed by atoms with Gasteiger partial charge in [0.15, 0.2) is 11.5 Å². The van der Waals surface area contributed by atoms with Gasteiger partial charge in [0, 0.05) is 37.5 Å². The maximum Gasteiger partial charge on any atom is 0.408 e. The first-order chi connectivity index (χ1) is 16.0. The van der Waals surface area contributed by atoms with E-state index in [2.05, 4.69) is 25.6 Å². The van der Waals surface area contributed by atoms with Crippen molar-refractivity contribution in [3.63, 3.8) is 0 Å². The summed E-state index contributed by atoms with van der Waals surface area (Å²) in [6.45, 7) is 8.59. The maximum absolute atomic E-state index is 14.3. The number of amides is 2. The number of halogens is 1. The van der Waals surface area contributed by atoms with E-state index < -0.39 is 23.4 Å². The third-order valence-corrected chi connectivity index (χ3v) is 5.98. The van der Waals surface area contributed by atoms with E-state index in [1.165, 1.54) is 22.9 Å². The molecule has 5 rings (SSSR count). The smallest absolute Gasteiger partial charge is 0.408 e. The predicted octanol–water partition coefficient (Wildman–Crippen LogP) is 2.93. The van der Waals surface area contributed by atoms with E-state index in [-0.39, 0.29) is 22.6 Å². The van der Waals surface area contributed by atoms with E-state index in [1.54, 1.807) is 19.3 Å². The summed E-state index contributed by atoms with van der Waals surface area (Å²) < 4.78 is 21.2. The quantitative estimate of drug-likeness (QED) is 0.606. The van der Waals surface area contributed by atoms with E-state index in [0.29, 0.717) is 24.0 Å². The van der Waals surface area contributed by atoms with Crippen LogP contribution >= 0.6 is 0 Å². The van der Waals surface area contributed by atoms with Gasteiger partial charge in [-0.1, -0.05) is 0 Å². The van der Waals surface area contributed by atoms with Gasteiger partial charge in [0.1, 0.15) is 17.1 Å². The zero-order valence-corrected chi connectivity index (χ0v) is 19.4. The summed E-state index contributed by atoms with van der Waals surface area (Å²) in [6, 6.07) is 1.22. The summed E-state index contributed by atoms with van der Waals surface area (Å²) in [5, 5.41) is 5.65. The number of anilines is 2. The van der Waals surface area contributed by atoms with Gasteiger partial charge in [-0.15, -0.1) is 0 Å². The van der Waals surface area contributed by atoms with Crippen molar-refractivity contribution in [1.29, 1.82) is 0 Å². The number of imidazole rings is 1. The molecule has 1 saturated heterocycles. The molecule has 2 fully saturated rings. The molecule has 0 radical (unpaired) electrons. The third kappa shape index (κ3) is 4.25. The fourth-order valence-corrected chi connectivity index (χ4v) is 4.40. The second kappa shape index (κ2) is 7.64. The lowest BCUT2D eigenvalue weighted by Gasteiger charge is -2.24. The first kappa shape index (κ1) is 22.1. The molecule has 178 valence electrons. The molecule has 10 nitrogen and oxygen atoms in total. The van der Waals surface area contributed by atoms with E-state index in [1.807, 2.05) is 25.7 Å². The fraction of sp³-hybridized carbons (Fsp3) is 0.435. The van der Waals surface area contributed by atoms with Crippen LogP contribution in [-0.4, -0.2) is 55.6 Å². The van der Waals surface area contributed by atoms with E-state index in [0.717, 1.165) is 13.0 Å². The van der Waals surface area contributed by atoms with Crippen LogP contribution in [0, 0.1) is 18.7 Å². The first-order valence-corrected chi connectivity index (χ1v) is 11.1. The van der Waals surface area contributed by atoms with Crippen molar-refractivity contribution < 1.29 is 18.7 Å². The van der Waals surface area contributed by atoms with Gasteiger partial charge in [-0.3, -0.25) is 4.79 Å². The molecule has 3 aromatic rings. The number of carbonyl (C=O) groups excluding carboxylic acids is 2. The molecule has 2 unspecified atom stereocenters. The van der Waals surface area contributed by atoms with Gasteiger partial charge in [-0.05, 0) is 34.1 Å². The number of hydrogen-bond acceptors (Lipinski definition) is 7. The third-order valence-electron chi connectivity index (χ3n) is 5.98. The number of aromatic nitrogens is 4. The number of fused-ring (bicyclic) bond motifs is 2. The highest BCUT2D eigenvalue weighted by molar-refractivity contribution is 6.02. The molecule has 2 atom stereocenters. The van der Waals surface area contributed by atoms with Crippen molar-refractivity contribution >= 4 is 29.2 Å². The summed E-state index contributed by atoms with van der Waals surface area (Å²) in [7, 11) is 0. The normalized spacial score (nSPS) is 21.3. The number of nitrogens with zero attached hydrogens (tertiary/aromatic N) is 5. The van der Waals surface area contributed by atoms with Gasteiger partial charge in [0.05, 0.1) is 29.3 Å². The van der Waals surface area contributed by atoms with E-state index in [9.17, 15) is 14.0 Å². The molecule has 2 N–H and O–H groups in total. The number of aryl methyl sites for hydroxylation is 1. The lowest BCUT2D eigenvalue weighted by molar-refractivity contribution is 0.0498. The lowest BCUT2D eigenvalue weighted by Crippen LogP contribution is -2.44. The molecule has 0 aromatic carbocycles. The molecular formula is C23H26FN7O3. The molecule has 34 heavy (non-hydrogen) atoms. The molecule has 0 spiro atoms. The topological polar surface area (TPSA) is 114 Å². The van der Waals surface area contributed by atoms with Crippen molar-refractivity contribution in [3.05, 3.63) is 48.1 Å². The number of carbonyl (C=O) groups is 2. The van der Waals surface area contributed by atoms with Crippen molar-refractivity contribution in [2.45, 2.75) is 45.3 Å². The Labute approximate surface area is 195 Å². The van der Waals surface area contributed by atoms with Crippen molar-refractivity contribution in [2.24, 2.45) is 5.92 Å². The van der Waals surface area contributed by atoms with Gasteiger partial charge in [0.2, 0.25) is 0 Å². The Morgan fingerprint density at radius 2 is 2.03 bits per heavy atom. The van der Waals surface area contributed by atoms with Gasteiger partial charge >= 0.3 is 6.09 Å². The fourth-order valence-electron chi connectivity index (χ4n) is 4.40. The number of hydrogen-bond donors (Lipinski definition) is 2. The summed E-state index contributed by atoms with van der Waals surface area (Å²) in [6.07, 6.45) is 6.66. The van der Waals surface area contributed by atoms with Crippen molar-refractivity contribution in [1.82, 2.24) is 24.7 Å². The minimum atomic E-state index is -0.555. The van der Waals surface area contributed by atoms with Gasteiger partial charge in [-0.25, -0.2) is 24.1 Å². The van der Waals surface area contributed by atoms with Crippen LogP contribution in [0.3, 0.4) is 0 Å². The number of pyridine rings is 1. The first-order valence-electron chi connectivity index (χ1n) is 11.1. The molecule has 2 amide bonds. The molecule has 4 heterocycles. The van der Waals surface area contributed by atoms with Crippen LogP contribution in [0.25, 0.3) is 5.65 Å². The Balaban J connectivity index is 1.22. The van der Waals surface area contributed by atoms with E-state index in [4.69, 9.17) is 4.74 Å². The molecule has 1 saturated carbocycles. The number of rotatable bonds is 4. The molecule has 1 aliphatic heterocycles. The standard InChI is InChI=1S/C23H26FN7O3/c1-13-9-30-11-15(5-16(24)19(30)27-13)28-20(32)17-7-26-18(8-25-17)31-10-14-6-23(14,12-31)29-21(33)34-22(2,3)4/h5,7-9,11,14H,6,10,12H2,1-4H3,(H,28,32)(H,29,33). The van der Waals surface area contributed by atoms with Gasteiger partial charge in [-0.2, -0.15) is 0 Å². The Morgan fingerprint density at radius 3 is 2.74 bits per heavy atom. The summed E-state index contributed by atoms with van der Waals surface area (Å²) in [5.74, 6) is -0.0901. The van der Waals surface area contributed by atoms with E-state index >= 15 is 0 Å². The minimum Gasteiger partial charge on any atom is -0.444 e. The maximum atomic E-state index is 14.3. The lowest BCUT2D eigenvalue weighted by atomic mass is 10.2. The zero-order chi connectivity index (χ0) is 24.3. The summed E-state index contributed by atoms with van der Waals surface area (Å²) in [5.41, 5.74) is 0.397. The van der Waals surface area contributed by atoms with Crippen LogP contribution in [0.1, 0.15) is 43.4 Å². The Hall–Kier alpha value is -3.76. The SMILES string of the molecule is Cc1cn2cc(NC(=O)c3cnc(N4CC5CC5(NC(=O)OC(C)(C)C)C4)cn3)cc(F)c2n1. The summed E-state index contributed by atoms with van der Waals surface area (Å²) in [4.78, 5) is 39.6. The highest BCUT2D eigenvalue weighted by Crippen LogP contribution is 2.50. The molecule has 0 bridgehead atoms. The molecular weight excluding hydrogens is 441 g/mol. The minimum absolute atomic E-state index is 0.108. The average molecular weight is 468 g/mol. The van der Waals surface area contributed by atoms with Crippen LogP contribution in [0.15, 0.2) is 30.9 Å². The number of piperidine rings is 1. The van der Waals surface area contributed by atoms with Crippen LogP contribution in [0.4, 0.5) is 20.7 Å². The van der Waals surface area contributed by atoms with Crippen LogP contribution in [0.5, 0.6) is 0 Å². The second-order valence-electron chi connectivity index (χ2n) is 9.97. The van der Waals surface area contributed by atoms with Crippen LogP contribution in [0.2, 0.25) is 0 Å². The molecule has 2 aliphatic rings. The zero-order valence-electron chi connectivity index (χ0n) is 19.4. The number of alkyl carbamates (subject to hydrolysis) is 1. The molecule has 3 aromatic heterocycles. The second-order valence-corrected chi connectivity index (χ2v) is 9.97. The van der Waals surface area contributed by atoms with Crippen molar-refractivity contribution in [2.75, 3.05) is 23.3 Å². The Kier molecular flexibility index (Phi) is 4.96. The largest absolute Gasteiger partial charge is 0.444 e. The van der Waals surface area contributed by atoms with Gasteiger partial charge in [0.25, 0.3) is 5.91 Å². The van der Waals surface area contributed by atoms with Crippen LogP contribution in [-0.2, 0) is 4.74 Å². The van der Waals surface area contributed by atoms with Gasteiger partial charge < -0.3 is 24.7 Å². The monoisotopic (exact) mass is 467 g/mol. The Morgan fingerprint density at radius 1 is 1.24 bits per heavy atom. The molecule has 11 heteroatoms. The van der Waals surface area contributed by atoms with Crippen molar-refractivity contribution in [3.8, 4) is 0 Å². The number of nitrogens with one attached hydrogen (secondary N) is 2. The summed E-state index contributed by atoms with van der Waals surface area (Å²) >= 11 is 0. The Bertz CT molecular complexity index is 1280. The highest BCUT2D eigenvalue weighted by Gasteiger charge is 2.61. The molecule has 1 aliphatic carbocycles.